The van der Waals surface area contributed by atoms with Gasteiger partial charge in [0.2, 0.25) is 0 Å². The summed E-state index contributed by atoms with van der Waals surface area (Å²) in [5.74, 6) is 0.712. The van der Waals surface area contributed by atoms with Crippen molar-refractivity contribution in [1.82, 2.24) is 5.32 Å². The summed E-state index contributed by atoms with van der Waals surface area (Å²) >= 11 is 0. The fourth-order valence-electron chi connectivity index (χ4n) is 3.21. The summed E-state index contributed by atoms with van der Waals surface area (Å²) in [5.41, 5.74) is 2.56. The maximum absolute atomic E-state index is 12.3. The van der Waals surface area contributed by atoms with Crippen molar-refractivity contribution in [3.63, 3.8) is 0 Å². The van der Waals surface area contributed by atoms with E-state index in [0.717, 1.165) is 31.7 Å². The van der Waals surface area contributed by atoms with E-state index in [1.807, 2.05) is 12.1 Å². The van der Waals surface area contributed by atoms with Crippen molar-refractivity contribution < 1.29 is 9.53 Å². The van der Waals surface area contributed by atoms with Crippen LogP contribution in [-0.2, 0) is 22.5 Å². The third kappa shape index (κ3) is 3.04. The molecule has 0 spiro atoms. The molecule has 2 aliphatic rings. The number of hydrogen-bond donors (Lipinski definition) is 1. The van der Waals surface area contributed by atoms with E-state index in [1.165, 1.54) is 24.0 Å². The Balaban J connectivity index is 1.56. The maximum atomic E-state index is 12.3. The van der Waals surface area contributed by atoms with Gasteiger partial charge in [-0.05, 0) is 49.1 Å². The van der Waals surface area contributed by atoms with Crippen LogP contribution in [0.25, 0.3) is 0 Å². The topological polar surface area (TPSA) is 38.3 Å². The number of fused-ring (bicyclic) bond motifs is 1. The summed E-state index contributed by atoms with van der Waals surface area (Å²) in [7, 11) is 0. The van der Waals surface area contributed by atoms with Crippen LogP contribution in [0, 0.1) is 5.92 Å². The van der Waals surface area contributed by atoms with Crippen molar-refractivity contribution in [1.29, 1.82) is 0 Å². The molecule has 0 aromatic heterocycles. The summed E-state index contributed by atoms with van der Waals surface area (Å²) in [6.07, 6.45) is 5.29. The van der Waals surface area contributed by atoms with Crippen LogP contribution < -0.4 is 5.32 Å². The highest BCUT2D eigenvalue weighted by Crippen LogP contribution is 2.26. The maximum Gasteiger partial charge on any atom is 0.323 e. The minimum atomic E-state index is -0.177. The summed E-state index contributed by atoms with van der Waals surface area (Å²) in [4.78, 5) is 12.3. The Morgan fingerprint density at radius 3 is 2.60 bits per heavy atom. The lowest BCUT2D eigenvalue weighted by molar-refractivity contribution is -0.153. The summed E-state index contributed by atoms with van der Waals surface area (Å²) in [5, 5.41) is 3.30. The molecule has 0 amide bonds. The predicted molar refractivity (Wildman–Crippen MR) is 78.3 cm³/mol. The lowest BCUT2D eigenvalue weighted by Gasteiger charge is -2.29. The Hall–Kier alpha value is -1.35. The highest BCUT2D eigenvalue weighted by atomic mass is 16.5. The molecule has 0 unspecified atom stereocenters. The number of rotatable bonds is 2. The lowest BCUT2D eigenvalue weighted by atomic mass is 9.89. The monoisotopic (exact) mass is 273 g/mol. The van der Waals surface area contributed by atoms with Gasteiger partial charge in [0.1, 0.15) is 12.1 Å². The molecule has 3 rings (SSSR count). The van der Waals surface area contributed by atoms with Crippen molar-refractivity contribution in [3.05, 3.63) is 35.4 Å². The first kappa shape index (κ1) is 13.6. The van der Waals surface area contributed by atoms with E-state index in [0.29, 0.717) is 0 Å². The summed E-state index contributed by atoms with van der Waals surface area (Å²) in [6.45, 7) is 3.04. The zero-order valence-corrected chi connectivity index (χ0v) is 12.1. The van der Waals surface area contributed by atoms with Crippen LogP contribution in [0.2, 0.25) is 0 Å². The Morgan fingerprint density at radius 2 is 1.85 bits per heavy atom. The SMILES string of the molecule is CC1CCC(OC(=O)[C@H]2Cc3ccccc3CN2)CC1. The van der Waals surface area contributed by atoms with Gasteiger partial charge in [-0.15, -0.1) is 0 Å². The number of benzene rings is 1. The average Bonchev–Trinajstić information content (AvgIpc) is 2.49. The number of ether oxygens (including phenoxy) is 1. The number of esters is 1. The van der Waals surface area contributed by atoms with Crippen LogP contribution in [0.5, 0.6) is 0 Å². The summed E-state index contributed by atoms with van der Waals surface area (Å²) < 4.78 is 5.69. The molecule has 1 fully saturated rings. The van der Waals surface area contributed by atoms with Crippen LogP contribution in [0.15, 0.2) is 24.3 Å². The molecule has 3 heteroatoms. The third-order valence-corrected chi connectivity index (χ3v) is 4.61. The molecule has 1 heterocycles. The predicted octanol–water partition coefficient (Wildman–Crippen LogP) is 2.82. The minimum Gasteiger partial charge on any atom is -0.461 e. The first-order valence-electron chi connectivity index (χ1n) is 7.73. The van der Waals surface area contributed by atoms with E-state index < -0.39 is 0 Å². The lowest BCUT2D eigenvalue weighted by Crippen LogP contribution is -2.44. The Labute approximate surface area is 120 Å². The Morgan fingerprint density at radius 1 is 1.15 bits per heavy atom. The summed E-state index contributed by atoms with van der Waals surface area (Å²) in [6, 6.07) is 8.13. The minimum absolute atomic E-state index is 0.0703. The highest BCUT2D eigenvalue weighted by molar-refractivity contribution is 5.77. The number of nitrogens with one attached hydrogen (secondary N) is 1. The quantitative estimate of drug-likeness (QED) is 0.842. The second kappa shape index (κ2) is 5.96. The normalized spacial score (nSPS) is 29.6. The van der Waals surface area contributed by atoms with Crippen molar-refractivity contribution in [2.24, 2.45) is 5.92 Å². The van der Waals surface area contributed by atoms with Gasteiger partial charge in [-0.25, -0.2) is 0 Å². The molecule has 3 nitrogen and oxygen atoms in total. The number of carbonyl (C=O) groups excluding carboxylic acids is 1. The van der Waals surface area contributed by atoms with Gasteiger partial charge in [0.05, 0.1) is 0 Å². The molecule has 0 bridgehead atoms. The van der Waals surface area contributed by atoms with E-state index in [4.69, 9.17) is 4.74 Å². The second-order valence-corrected chi connectivity index (χ2v) is 6.23. The zero-order valence-electron chi connectivity index (χ0n) is 12.1. The van der Waals surface area contributed by atoms with Gasteiger partial charge in [-0.3, -0.25) is 4.79 Å². The standard InChI is InChI=1S/C17H23NO2/c1-12-6-8-15(9-7-12)20-17(19)16-10-13-4-2-3-5-14(13)11-18-16/h2-5,12,15-16,18H,6-11H2,1H3/t12?,15?,16-/m1/s1. The van der Waals surface area contributed by atoms with Crippen molar-refractivity contribution in [2.75, 3.05) is 0 Å². The molecule has 0 saturated heterocycles. The molecule has 20 heavy (non-hydrogen) atoms. The molecule has 1 aromatic carbocycles. The first-order chi connectivity index (χ1) is 9.72. The van der Waals surface area contributed by atoms with Gasteiger partial charge >= 0.3 is 5.97 Å². The molecule has 1 atom stereocenters. The molecule has 1 aliphatic heterocycles. The molecular formula is C17H23NO2. The Bertz CT molecular complexity index is 478. The van der Waals surface area contributed by atoms with Gasteiger partial charge in [-0.1, -0.05) is 31.2 Å². The Kier molecular flexibility index (Phi) is 4.06. The number of carbonyl (C=O) groups is 1. The average molecular weight is 273 g/mol. The van der Waals surface area contributed by atoms with Gasteiger partial charge in [0.25, 0.3) is 0 Å². The fraction of sp³-hybridized carbons (Fsp3) is 0.588. The van der Waals surface area contributed by atoms with Crippen molar-refractivity contribution >= 4 is 5.97 Å². The van der Waals surface area contributed by atoms with Crippen LogP contribution in [0.1, 0.15) is 43.7 Å². The van der Waals surface area contributed by atoms with E-state index >= 15 is 0 Å². The van der Waals surface area contributed by atoms with Crippen molar-refractivity contribution in [2.45, 2.75) is 57.7 Å². The molecule has 1 saturated carbocycles. The van der Waals surface area contributed by atoms with Crippen LogP contribution in [-0.4, -0.2) is 18.1 Å². The smallest absolute Gasteiger partial charge is 0.323 e. The zero-order chi connectivity index (χ0) is 13.9. The van der Waals surface area contributed by atoms with E-state index in [-0.39, 0.29) is 18.1 Å². The van der Waals surface area contributed by atoms with E-state index in [2.05, 4.69) is 24.4 Å². The molecule has 1 aromatic rings. The second-order valence-electron chi connectivity index (χ2n) is 6.23. The molecule has 1 aliphatic carbocycles. The highest BCUT2D eigenvalue weighted by Gasteiger charge is 2.28. The van der Waals surface area contributed by atoms with E-state index in [1.54, 1.807) is 0 Å². The third-order valence-electron chi connectivity index (χ3n) is 4.61. The first-order valence-corrected chi connectivity index (χ1v) is 7.73. The van der Waals surface area contributed by atoms with Crippen LogP contribution in [0.4, 0.5) is 0 Å². The van der Waals surface area contributed by atoms with Gasteiger partial charge < -0.3 is 10.1 Å². The molecular weight excluding hydrogens is 250 g/mol. The van der Waals surface area contributed by atoms with Crippen LogP contribution >= 0.6 is 0 Å². The molecule has 0 radical (unpaired) electrons. The van der Waals surface area contributed by atoms with Crippen LogP contribution in [0.3, 0.4) is 0 Å². The van der Waals surface area contributed by atoms with Gasteiger partial charge in [-0.2, -0.15) is 0 Å². The van der Waals surface area contributed by atoms with Gasteiger partial charge in [0.15, 0.2) is 0 Å². The molecule has 108 valence electrons. The van der Waals surface area contributed by atoms with Crippen molar-refractivity contribution in [3.8, 4) is 0 Å². The van der Waals surface area contributed by atoms with Gasteiger partial charge in [0, 0.05) is 6.54 Å². The number of hydrogen-bond acceptors (Lipinski definition) is 3. The van der Waals surface area contributed by atoms with E-state index in [9.17, 15) is 4.79 Å². The fourth-order valence-corrected chi connectivity index (χ4v) is 3.21. The molecule has 1 N–H and O–H groups in total. The largest absolute Gasteiger partial charge is 0.461 e.